The normalized spacial score (nSPS) is 19.3. The minimum atomic E-state index is 0.628. The van der Waals surface area contributed by atoms with Crippen molar-refractivity contribution in [1.29, 1.82) is 0 Å². The molecule has 0 aromatic rings. The smallest absolute Gasteiger partial charge is 0.222 e. The molecule has 62 valence electrons. The number of nitrogens with zero attached hydrogens (tertiary/aromatic N) is 1. The molecule has 1 saturated carbocycles. The summed E-state index contributed by atoms with van der Waals surface area (Å²) in [6.45, 7) is 3.96. The first-order valence-corrected chi connectivity index (χ1v) is 4.62. The number of hydrogen-bond acceptors (Lipinski definition) is 2. The third kappa shape index (κ3) is 1.95. The van der Waals surface area contributed by atoms with Crippen molar-refractivity contribution in [3.63, 3.8) is 0 Å². The molecule has 0 heterocycles. The van der Waals surface area contributed by atoms with E-state index >= 15 is 0 Å². The quantitative estimate of drug-likeness (QED) is 0.427. The molecule has 0 atom stereocenters. The zero-order chi connectivity index (χ0) is 8.27. The third-order valence-corrected chi connectivity index (χ3v) is 2.57. The highest BCUT2D eigenvalue weighted by Gasteiger charge is 2.23. The summed E-state index contributed by atoms with van der Waals surface area (Å²) in [5.41, 5.74) is 1.06. The maximum atomic E-state index is 5.04. The average molecular weight is 265 g/mol. The van der Waals surface area contributed by atoms with Crippen molar-refractivity contribution in [2.24, 2.45) is 10.9 Å². The van der Waals surface area contributed by atoms with Crippen molar-refractivity contribution in [2.45, 2.75) is 19.3 Å². The van der Waals surface area contributed by atoms with E-state index in [1.54, 1.807) is 7.05 Å². The van der Waals surface area contributed by atoms with Gasteiger partial charge in [-0.25, -0.2) is 0 Å². The summed E-state index contributed by atoms with van der Waals surface area (Å²) in [5.74, 6) is 1.33. The Morgan fingerprint density at radius 3 is 2.55 bits per heavy atom. The number of rotatable bonds is 2. The average Bonchev–Trinajstić information content (AvgIpc) is 1.86. The van der Waals surface area contributed by atoms with Crippen LogP contribution in [-0.4, -0.2) is 12.9 Å². The largest absolute Gasteiger partial charge is 0.408 e. The summed E-state index contributed by atoms with van der Waals surface area (Å²) in [6, 6.07) is 0. The molecule has 0 amide bonds. The Kier molecular flexibility index (Phi) is 3.36. The Hall–Kier alpha value is -0.0600. The van der Waals surface area contributed by atoms with Crippen LogP contribution in [0.15, 0.2) is 17.1 Å². The molecular formula is C8H12INO. The number of aliphatic imine (C=N–C) groups is 1. The first-order chi connectivity index (χ1) is 5.29. The monoisotopic (exact) mass is 265 g/mol. The van der Waals surface area contributed by atoms with E-state index in [4.69, 9.17) is 3.07 Å². The predicted octanol–water partition coefficient (Wildman–Crippen LogP) is 2.74. The zero-order valence-electron chi connectivity index (χ0n) is 6.64. The fourth-order valence-corrected chi connectivity index (χ4v) is 1.64. The van der Waals surface area contributed by atoms with Crippen molar-refractivity contribution in [3.05, 3.63) is 12.2 Å². The molecule has 1 rings (SSSR count). The Balaban J connectivity index is 2.51. The van der Waals surface area contributed by atoms with Gasteiger partial charge >= 0.3 is 0 Å². The van der Waals surface area contributed by atoms with Gasteiger partial charge in [0, 0.05) is 12.6 Å². The molecule has 1 aliphatic rings. The summed E-state index contributed by atoms with van der Waals surface area (Å²) < 4.78 is 5.04. The highest BCUT2D eigenvalue weighted by molar-refractivity contribution is 14.1. The van der Waals surface area contributed by atoms with Crippen molar-refractivity contribution in [2.75, 3.05) is 7.05 Å². The lowest BCUT2D eigenvalue weighted by molar-refractivity contribution is 0.374. The van der Waals surface area contributed by atoms with Gasteiger partial charge in [0.1, 0.15) is 0 Å². The van der Waals surface area contributed by atoms with Gasteiger partial charge in [-0.15, -0.1) is 0 Å². The fraction of sp³-hybridized carbons (Fsp3) is 0.625. The molecule has 0 N–H and O–H groups in total. The third-order valence-electron chi connectivity index (χ3n) is 2.15. The molecule has 0 bridgehead atoms. The van der Waals surface area contributed by atoms with Gasteiger partial charge in [0.2, 0.25) is 5.90 Å². The molecule has 1 aliphatic carbocycles. The summed E-state index contributed by atoms with van der Waals surface area (Å²) >= 11 is 1.85. The van der Waals surface area contributed by atoms with Gasteiger partial charge in [-0.1, -0.05) is 13.0 Å². The second-order valence-corrected chi connectivity index (χ2v) is 3.20. The maximum Gasteiger partial charge on any atom is 0.222 e. The van der Waals surface area contributed by atoms with Crippen LogP contribution in [0, 0.1) is 5.92 Å². The van der Waals surface area contributed by atoms with Crippen LogP contribution < -0.4 is 0 Å². The predicted molar refractivity (Wildman–Crippen MR) is 54.9 cm³/mol. The van der Waals surface area contributed by atoms with Crippen LogP contribution in [-0.2, 0) is 3.07 Å². The van der Waals surface area contributed by atoms with Gasteiger partial charge in [0.05, 0.1) is 0 Å². The van der Waals surface area contributed by atoms with E-state index < -0.39 is 0 Å². The summed E-state index contributed by atoms with van der Waals surface area (Å²) in [7, 11) is 1.73. The van der Waals surface area contributed by atoms with Gasteiger partial charge in [-0.3, -0.25) is 4.99 Å². The molecule has 0 aromatic carbocycles. The molecule has 0 spiro atoms. The molecule has 11 heavy (non-hydrogen) atoms. The molecular weight excluding hydrogens is 253 g/mol. The minimum Gasteiger partial charge on any atom is -0.408 e. The summed E-state index contributed by atoms with van der Waals surface area (Å²) in [4.78, 5) is 4.00. The molecule has 0 saturated heterocycles. The van der Waals surface area contributed by atoms with Gasteiger partial charge in [-0.05, 0) is 18.8 Å². The van der Waals surface area contributed by atoms with Gasteiger partial charge in [0.25, 0.3) is 0 Å². The van der Waals surface area contributed by atoms with Crippen LogP contribution in [0.5, 0.6) is 0 Å². The Bertz CT molecular complexity index is 185. The SMILES string of the molecule is C=C(C(=NC)OI)C1CCC1. The number of halogens is 1. The van der Waals surface area contributed by atoms with Crippen LogP contribution in [0.25, 0.3) is 0 Å². The van der Waals surface area contributed by atoms with E-state index in [-0.39, 0.29) is 0 Å². The second-order valence-electron chi connectivity index (χ2n) is 2.76. The van der Waals surface area contributed by atoms with Crippen LogP contribution >= 0.6 is 23.0 Å². The van der Waals surface area contributed by atoms with E-state index in [2.05, 4.69) is 11.6 Å². The first kappa shape index (κ1) is 9.03. The molecule has 0 radical (unpaired) electrons. The zero-order valence-corrected chi connectivity index (χ0v) is 8.80. The van der Waals surface area contributed by atoms with E-state index in [1.165, 1.54) is 19.3 Å². The van der Waals surface area contributed by atoms with Crippen LogP contribution in [0.4, 0.5) is 0 Å². The van der Waals surface area contributed by atoms with Gasteiger partial charge in [0.15, 0.2) is 23.0 Å². The molecule has 3 heteroatoms. The molecule has 1 fully saturated rings. The lowest BCUT2D eigenvalue weighted by Crippen LogP contribution is -2.19. The summed E-state index contributed by atoms with van der Waals surface area (Å²) in [6.07, 6.45) is 3.82. The van der Waals surface area contributed by atoms with Gasteiger partial charge in [-0.2, -0.15) is 0 Å². The van der Waals surface area contributed by atoms with E-state index in [9.17, 15) is 0 Å². The van der Waals surface area contributed by atoms with E-state index in [0.717, 1.165) is 5.57 Å². The second kappa shape index (κ2) is 4.09. The van der Waals surface area contributed by atoms with Crippen molar-refractivity contribution in [3.8, 4) is 0 Å². The molecule has 0 aromatic heterocycles. The lowest BCUT2D eigenvalue weighted by Gasteiger charge is -2.26. The minimum absolute atomic E-state index is 0.628. The van der Waals surface area contributed by atoms with Crippen LogP contribution in [0.3, 0.4) is 0 Å². The van der Waals surface area contributed by atoms with E-state index in [0.29, 0.717) is 11.8 Å². The maximum absolute atomic E-state index is 5.04. The topological polar surface area (TPSA) is 21.6 Å². The molecule has 0 unspecified atom stereocenters. The highest BCUT2D eigenvalue weighted by atomic mass is 127. The summed E-state index contributed by atoms with van der Waals surface area (Å²) in [5, 5.41) is 0. The Labute approximate surface area is 81.4 Å². The lowest BCUT2D eigenvalue weighted by atomic mass is 9.80. The van der Waals surface area contributed by atoms with E-state index in [1.807, 2.05) is 23.0 Å². The van der Waals surface area contributed by atoms with Crippen LogP contribution in [0.2, 0.25) is 0 Å². The molecule has 0 aliphatic heterocycles. The fourth-order valence-electron chi connectivity index (χ4n) is 1.16. The van der Waals surface area contributed by atoms with Crippen molar-refractivity contribution >= 4 is 28.9 Å². The Morgan fingerprint density at radius 1 is 1.64 bits per heavy atom. The Morgan fingerprint density at radius 2 is 2.27 bits per heavy atom. The van der Waals surface area contributed by atoms with Crippen molar-refractivity contribution in [1.82, 2.24) is 0 Å². The standard InChI is InChI=1S/C8H12INO/c1-6(7-4-3-5-7)8(10-2)11-9/h7H,1,3-5H2,2H3. The number of hydrogen-bond donors (Lipinski definition) is 0. The molecule has 2 nitrogen and oxygen atoms in total. The highest BCUT2D eigenvalue weighted by Crippen LogP contribution is 2.33. The van der Waals surface area contributed by atoms with Crippen LogP contribution in [0.1, 0.15) is 19.3 Å². The first-order valence-electron chi connectivity index (χ1n) is 3.74. The van der Waals surface area contributed by atoms with Gasteiger partial charge < -0.3 is 3.07 Å². The van der Waals surface area contributed by atoms with Crippen molar-refractivity contribution < 1.29 is 3.07 Å².